The molecule has 0 saturated heterocycles. The quantitative estimate of drug-likeness (QED) is 0.363. The number of guanidine groups is 1. The molecule has 4 nitrogen and oxygen atoms in total. The Bertz CT molecular complexity index is 114. The Morgan fingerprint density at radius 1 is 1.80 bits per heavy atom. The molecular weight excluding hydrogens is 130 g/mol. The van der Waals surface area contributed by atoms with E-state index in [9.17, 15) is 0 Å². The molecule has 0 spiro atoms. The molecule has 4 heteroatoms. The highest BCUT2D eigenvalue weighted by atomic mass is 16.3. The minimum Gasteiger partial charge on any atom is -0.396 e. The lowest BCUT2D eigenvalue weighted by molar-refractivity contribution is 0.275. The van der Waals surface area contributed by atoms with Crippen LogP contribution in [0.25, 0.3) is 0 Å². The molecule has 1 unspecified atom stereocenters. The summed E-state index contributed by atoms with van der Waals surface area (Å²) < 4.78 is 0. The lowest BCUT2D eigenvalue weighted by atomic mass is 10.2. The van der Waals surface area contributed by atoms with Crippen LogP contribution in [0.1, 0.15) is 13.3 Å². The number of aliphatic imine (C=N–C) groups is 1. The molecule has 0 aromatic heterocycles. The van der Waals surface area contributed by atoms with E-state index in [1.807, 2.05) is 6.92 Å². The highest BCUT2D eigenvalue weighted by Crippen LogP contribution is 1.86. The van der Waals surface area contributed by atoms with Crippen molar-refractivity contribution in [2.75, 3.05) is 13.7 Å². The molecule has 0 heterocycles. The number of nitrogens with two attached hydrogens (primary N) is 1. The van der Waals surface area contributed by atoms with Gasteiger partial charge < -0.3 is 16.2 Å². The van der Waals surface area contributed by atoms with E-state index >= 15 is 0 Å². The van der Waals surface area contributed by atoms with Crippen molar-refractivity contribution in [2.24, 2.45) is 10.7 Å². The first-order valence-corrected chi connectivity index (χ1v) is 3.30. The van der Waals surface area contributed by atoms with Crippen molar-refractivity contribution in [3.8, 4) is 0 Å². The van der Waals surface area contributed by atoms with E-state index in [1.54, 1.807) is 7.05 Å². The van der Waals surface area contributed by atoms with E-state index in [4.69, 9.17) is 10.8 Å². The van der Waals surface area contributed by atoms with E-state index in [0.717, 1.165) is 0 Å². The minimum atomic E-state index is 0.172. The smallest absolute Gasteiger partial charge is 0.188 e. The zero-order valence-electron chi connectivity index (χ0n) is 6.46. The van der Waals surface area contributed by atoms with Crippen molar-refractivity contribution in [2.45, 2.75) is 19.4 Å². The molecule has 0 aliphatic heterocycles. The standard InChI is InChI=1S/C6H15N3O/c1-5(3-4-10)9-6(7)8-2/h5,10H,3-4H2,1-2H3,(H3,7,8,9). The topological polar surface area (TPSA) is 70.6 Å². The zero-order chi connectivity index (χ0) is 7.98. The van der Waals surface area contributed by atoms with Crippen LogP contribution < -0.4 is 11.1 Å². The van der Waals surface area contributed by atoms with E-state index in [2.05, 4.69) is 10.3 Å². The van der Waals surface area contributed by atoms with Crippen LogP contribution in [0.4, 0.5) is 0 Å². The maximum Gasteiger partial charge on any atom is 0.188 e. The summed E-state index contributed by atoms with van der Waals surface area (Å²) in [6.45, 7) is 2.11. The van der Waals surface area contributed by atoms with Gasteiger partial charge in [-0.1, -0.05) is 0 Å². The van der Waals surface area contributed by atoms with Gasteiger partial charge in [-0.05, 0) is 13.3 Å². The Morgan fingerprint density at radius 2 is 2.40 bits per heavy atom. The third-order valence-corrected chi connectivity index (χ3v) is 1.20. The summed E-state index contributed by atoms with van der Waals surface area (Å²) in [5.41, 5.74) is 5.36. The molecule has 0 aromatic rings. The Labute approximate surface area is 61.1 Å². The highest BCUT2D eigenvalue weighted by molar-refractivity contribution is 5.77. The summed E-state index contributed by atoms with van der Waals surface area (Å²) >= 11 is 0. The molecular formula is C6H15N3O. The SMILES string of the molecule is CN=C(N)NC(C)CCO. The first-order chi connectivity index (χ1) is 4.70. The predicted molar refractivity (Wildman–Crippen MR) is 41.8 cm³/mol. The van der Waals surface area contributed by atoms with Crippen LogP contribution >= 0.6 is 0 Å². The van der Waals surface area contributed by atoms with Crippen molar-refractivity contribution < 1.29 is 5.11 Å². The Kier molecular flexibility index (Phi) is 4.66. The van der Waals surface area contributed by atoms with Gasteiger partial charge in [0, 0.05) is 19.7 Å². The minimum absolute atomic E-state index is 0.172. The molecule has 60 valence electrons. The largest absolute Gasteiger partial charge is 0.396 e. The van der Waals surface area contributed by atoms with Crippen LogP contribution in [0.3, 0.4) is 0 Å². The first kappa shape index (κ1) is 9.23. The Hall–Kier alpha value is -0.770. The molecule has 0 amide bonds. The van der Waals surface area contributed by atoms with Gasteiger partial charge in [-0.25, -0.2) is 0 Å². The lowest BCUT2D eigenvalue weighted by Crippen LogP contribution is -2.38. The van der Waals surface area contributed by atoms with Crippen LogP contribution in [0, 0.1) is 0 Å². The summed E-state index contributed by atoms with van der Waals surface area (Å²) in [7, 11) is 1.62. The van der Waals surface area contributed by atoms with Gasteiger partial charge in [0.1, 0.15) is 0 Å². The molecule has 10 heavy (non-hydrogen) atoms. The van der Waals surface area contributed by atoms with Crippen molar-refractivity contribution >= 4 is 5.96 Å². The Morgan fingerprint density at radius 3 is 2.80 bits per heavy atom. The second-order valence-electron chi connectivity index (χ2n) is 2.17. The molecule has 0 aliphatic carbocycles. The van der Waals surface area contributed by atoms with E-state index in [0.29, 0.717) is 12.4 Å². The third kappa shape index (κ3) is 4.14. The molecule has 0 rings (SSSR count). The van der Waals surface area contributed by atoms with Gasteiger partial charge in [0.05, 0.1) is 0 Å². The average molecular weight is 145 g/mol. The van der Waals surface area contributed by atoms with Gasteiger partial charge in [0.15, 0.2) is 5.96 Å². The van der Waals surface area contributed by atoms with Crippen molar-refractivity contribution in [3.63, 3.8) is 0 Å². The fourth-order valence-corrected chi connectivity index (χ4v) is 0.583. The van der Waals surface area contributed by atoms with E-state index in [-0.39, 0.29) is 12.6 Å². The summed E-state index contributed by atoms with van der Waals surface area (Å²) in [6.07, 6.45) is 0.691. The number of rotatable bonds is 3. The number of nitrogens with zero attached hydrogens (tertiary/aromatic N) is 1. The molecule has 0 aromatic carbocycles. The maximum atomic E-state index is 8.50. The highest BCUT2D eigenvalue weighted by Gasteiger charge is 1.99. The van der Waals surface area contributed by atoms with Crippen LogP contribution in [0.15, 0.2) is 4.99 Å². The van der Waals surface area contributed by atoms with Crippen molar-refractivity contribution in [1.82, 2.24) is 5.32 Å². The van der Waals surface area contributed by atoms with Crippen molar-refractivity contribution in [1.29, 1.82) is 0 Å². The van der Waals surface area contributed by atoms with Gasteiger partial charge >= 0.3 is 0 Å². The number of nitrogens with one attached hydrogen (secondary N) is 1. The second kappa shape index (κ2) is 5.05. The molecule has 1 atom stereocenters. The number of aliphatic hydroxyl groups excluding tert-OH is 1. The second-order valence-corrected chi connectivity index (χ2v) is 2.17. The average Bonchev–Trinajstić information content (AvgIpc) is 1.88. The van der Waals surface area contributed by atoms with Gasteiger partial charge in [-0.15, -0.1) is 0 Å². The Balaban J connectivity index is 3.47. The summed E-state index contributed by atoms with van der Waals surface area (Å²) in [5.74, 6) is 0.418. The molecule has 0 fully saturated rings. The van der Waals surface area contributed by atoms with Crippen molar-refractivity contribution in [3.05, 3.63) is 0 Å². The van der Waals surface area contributed by atoms with Gasteiger partial charge in [0.2, 0.25) is 0 Å². The van der Waals surface area contributed by atoms with Gasteiger partial charge in [0.25, 0.3) is 0 Å². The van der Waals surface area contributed by atoms with E-state index < -0.39 is 0 Å². The summed E-state index contributed by atoms with van der Waals surface area (Å²) in [6, 6.07) is 0.189. The van der Waals surface area contributed by atoms with Crippen LogP contribution in [-0.2, 0) is 0 Å². The van der Waals surface area contributed by atoms with Gasteiger partial charge in [-0.2, -0.15) is 0 Å². The number of hydrogen-bond acceptors (Lipinski definition) is 2. The summed E-state index contributed by atoms with van der Waals surface area (Å²) in [5, 5.41) is 11.4. The zero-order valence-corrected chi connectivity index (χ0v) is 6.46. The molecule has 0 bridgehead atoms. The normalized spacial score (nSPS) is 14.9. The molecule has 4 N–H and O–H groups in total. The lowest BCUT2D eigenvalue weighted by Gasteiger charge is -2.11. The van der Waals surface area contributed by atoms with Crippen LogP contribution in [0.5, 0.6) is 0 Å². The third-order valence-electron chi connectivity index (χ3n) is 1.20. The molecule has 0 saturated carbocycles. The van der Waals surface area contributed by atoms with E-state index in [1.165, 1.54) is 0 Å². The molecule has 0 radical (unpaired) electrons. The monoisotopic (exact) mass is 145 g/mol. The van der Waals surface area contributed by atoms with Crippen LogP contribution in [0.2, 0.25) is 0 Å². The van der Waals surface area contributed by atoms with Crippen LogP contribution in [-0.4, -0.2) is 30.8 Å². The molecule has 0 aliphatic rings. The number of aliphatic hydroxyl groups is 1. The maximum absolute atomic E-state index is 8.50. The first-order valence-electron chi connectivity index (χ1n) is 3.30. The summed E-state index contributed by atoms with van der Waals surface area (Å²) in [4.78, 5) is 3.71. The predicted octanol–water partition coefficient (Wildman–Crippen LogP) is -0.709. The fraction of sp³-hybridized carbons (Fsp3) is 0.833. The van der Waals surface area contributed by atoms with Gasteiger partial charge in [-0.3, -0.25) is 4.99 Å². The number of hydrogen-bond donors (Lipinski definition) is 3. The fourth-order valence-electron chi connectivity index (χ4n) is 0.583.